The van der Waals surface area contributed by atoms with Crippen LogP contribution in [-0.4, -0.2) is 11.1 Å². The minimum Gasteiger partial charge on any atom is -0.491 e. The summed E-state index contributed by atoms with van der Waals surface area (Å²) in [5.41, 5.74) is 2.58. The quantitative estimate of drug-likeness (QED) is 0.834. The SMILES string of the molecule is Cc1[nH]c2ccc(OC(C)C)cc2c1C#N. The third kappa shape index (κ3) is 1.74. The maximum absolute atomic E-state index is 9.07. The number of ether oxygens (including phenoxy) is 1. The maximum atomic E-state index is 9.07. The molecule has 16 heavy (non-hydrogen) atoms. The minimum atomic E-state index is 0.142. The number of fused-ring (bicyclic) bond motifs is 1. The molecule has 0 bridgehead atoms. The predicted octanol–water partition coefficient (Wildman–Crippen LogP) is 3.14. The lowest BCUT2D eigenvalue weighted by Crippen LogP contribution is -2.05. The molecular weight excluding hydrogens is 200 g/mol. The lowest BCUT2D eigenvalue weighted by molar-refractivity contribution is 0.243. The molecule has 1 N–H and O–H groups in total. The minimum absolute atomic E-state index is 0.142. The van der Waals surface area contributed by atoms with Gasteiger partial charge in [-0.3, -0.25) is 0 Å². The molecule has 0 aliphatic rings. The number of aryl methyl sites for hydroxylation is 1. The lowest BCUT2D eigenvalue weighted by atomic mass is 10.1. The Kier molecular flexibility index (Phi) is 2.57. The van der Waals surface area contributed by atoms with Gasteiger partial charge in [0, 0.05) is 16.6 Å². The molecule has 0 atom stereocenters. The average molecular weight is 214 g/mol. The molecule has 0 saturated carbocycles. The summed E-state index contributed by atoms with van der Waals surface area (Å²) >= 11 is 0. The van der Waals surface area contributed by atoms with E-state index in [9.17, 15) is 0 Å². The molecule has 3 nitrogen and oxygen atoms in total. The lowest BCUT2D eigenvalue weighted by Gasteiger charge is -2.09. The van der Waals surface area contributed by atoms with Crippen molar-refractivity contribution in [3.63, 3.8) is 0 Å². The molecule has 0 spiro atoms. The second-order valence-corrected chi connectivity index (χ2v) is 4.11. The molecule has 1 aromatic heterocycles. The van der Waals surface area contributed by atoms with Gasteiger partial charge in [0.25, 0.3) is 0 Å². The third-order valence-electron chi connectivity index (χ3n) is 2.44. The number of nitrogens with one attached hydrogen (secondary N) is 1. The first-order valence-corrected chi connectivity index (χ1v) is 5.31. The zero-order valence-corrected chi connectivity index (χ0v) is 9.66. The van der Waals surface area contributed by atoms with E-state index in [-0.39, 0.29) is 6.10 Å². The van der Waals surface area contributed by atoms with Crippen molar-refractivity contribution >= 4 is 10.9 Å². The molecule has 0 saturated heterocycles. The first-order valence-electron chi connectivity index (χ1n) is 5.31. The zero-order chi connectivity index (χ0) is 11.7. The predicted molar refractivity (Wildman–Crippen MR) is 63.5 cm³/mol. The number of rotatable bonds is 2. The smallest absolute Gasteiger partial charge is 0.120 e. The highest BCUT2D eigenvalue weighted by Crippen LogP contribution is 2.26. The Morgan fingerprint density at radius 2 is 2.12 bits per heavy atom. The summed E-state index contributed by atoms with van der Waals surface area (Å²) in [6, 6.07) is 7.99. The molecule has 0 fully saturated rings. The Hall–Kier alpha value is -1.95. The van der Waals surface area contributed by atoms with Crippen molar-refractivity contribution in [3.05, 3.63) is 29.5 Å². The Morgan fingerprint density at radius 1 is 1.38 bits per heavy atom. The molecule has 2 aromatic rings. The van der Waals surface area contributed by atoms with Crippen LogP contribution in [0.1, 0.15) is 25.1 Å². The van der Waals surface area contributed by atoms with Crippen LogP contribution < -0.4 is 4.74 Å². The van der Waals surface area contributed by atoms with Gasteiger partial charge in [-0.2, -0.15) is 5.26 Å². The van der Waals surface area contributed by atoms with Gasteiger partial charge in [0.05, 0.1) is 11.7 Å². The van der Waals surface area contributed by atoms with Gasteiger partial charge in [0.2, 0.25) is 0 Å². The highest BCUT2D eigenvalue weighted by Gasteiger charge is 2.09. The van der Waals surface area contributed by atoms with Crippen LogP contribution in [0.3, 0.4) is 0 Å². The normalized spacial score (nSPS) is 10.7. The second-order valence-electron chi connectivity index (χ2n) is 4.11. The van der Waals surface area contributed by atoms with E-state index in [0.29, 0.717) is 5.56 Å². The molecule has 1 heterocycles. The van der Waals surface area contributed by atoms with Gasteiger partial charge in [-0.25, -0.2) is 0 Å². The molecule has 2 rings (SSSR count). The van der Waals surface area contributed by atoms with Gasteiger partial charge < -0.3 is 9.72 Å². The van der Waals surface area contributed by atoms with Crippen molar-refractivity contribution in [1.82, 2.24) is 4.98 Å². The van der Waals surface area contributed by atoms with E-state index in [1.165, 1.54) is 0 Å². The van der Waals surface area contributed by atoms with Crippen molar-refractivity contribution in [1.29, 1.82) is 5.26 Å². The molecule has 0 aliphatic carbocycles. The van der Waals surface area contributed by atoms with E-state index in [1.54, 1.807) is 0 Å². The highest BCUT2D eigenvalue weighted by atomic mass is 16.5. The summed E-state index contributed by atoms with van der Waals surface area (Å²) in [7, 11) is 0. The third-order valence-corrected chi connectivity index (χ3v) is 2.44. The second kappa shape index (κ2) is 3.90. The molecule has 0 radical (unpaired) electrons. The van der Waals surface area contributed by atoms with E-state index in [0.717, 1.165) is 22.3 Å². The van der Waals surface area contributed by atoms with E-state index in [2.05, 4.69) is 11.1 Å². The van der Waals surface area contributed by atoms with Crippen LogP contribution in [0.15, 0.2) is 18.2 Å². The number of hydrogen-bond donors (Lipinski definition) is 1. The van der Waals surface area contributed by atoms with Crippen LogP contribution in [0.2, 0.25) is 0 Å². The summed E-state index contributed by atoms with van der Waals surface area (Å²) in [5, 5.41) is 10.00. The maximum Gasteiger partial charge on any atom is 0.120 e. The monoisotopic (exact) mass is 214 g/mol. The summed E-state index contributed by atoms with van der Waals surface area (Å²) in [5.74, 6) is 0.804. The van der Waals surface area contributed by atoms with Crippen molar-refractivity contribution < 1.29 is 4.74 Å². The number of nitrogens with zero attached hydrogens (tertiary/aromatic N) is 1. The molecule has 82 valence electrons. The first-order chi connectivity index (χ1) is 7.61. The van der Waals surface area contributed by atoms with E-state index < -0.39 is 0 Å². The van der Waals surface area contributed by atoms with Crippen LogP contribution in [0.5, 0.6) is 5.75 Å². The van der Waals surface area contributed by atoms with Crippen molar-refractivity contribution in [2.75, 3.05) is 0 Å². The van der Waals surface area contributed by atoms with Gasteiger partial charge in [-0.15, -0.1) is 0 Å². The Labute approximate surface area is 94.7 Å². The van der Waals surface area contributed by atoms with Crippen LogP contribution in [0, 0.1) is 18.3 Å². The molecule has 1 aromatic carbocycles. The molecular formula is C13H14N2O. The van der Waals surface area contributed by atoms with Crippen LogP contribution >= 0.6 is 0 Å². The Morgan fingerprint density at radius 3 is 2.75 bits per heavy atom. The van der Waals surface area contributed by atoms with Gasteiger partial charge in [0.1, 0.15) is 11.8 Å². The van der Waals surface area contributed by atoms with Crippen molar-refractivity contribution in [2.24, 2.45) is 0 Å². The standard InChI is InChI=1S/C13H14N2O/c1-8(2)16-10-4-5-13-11(6-10)12(7-14)9(3)15-13/h4-6,8,15H,1-3H3. The average Bonchev–Trinajstić information content (AvgIpc) is 2.52. The molecule has 0 aliphatic heterocycles. The van der Waals surface area contributed by atoms with Crippen molar-refractivity contribution in [2.45, 2.75) is 26.9 Å². The number of H-pyrrole nitrogens is 1. The summed E-state index contributed by atoms with van der Waals surface area (Å²) < 4.78 is 5.61. The largest absolute Gasteiger partial charge is 0.491 e. The fourth-order valence-corrected chi connectivity index (χ4v) is 1.80. The first kappa shape index (κ1) is 10.6. The number of nitriles is 1. The fraction of sp³-hybridized carbons (Fsp3) is 0.308. The van der Waals surface area contributed by atoms with Gasteiger partial charge in [-0.05, 0) is 39.0 Å². The van der Waals surface area contributed by atoms with E-state index in [4.69, 9.17) is 10.00 Å². The molecule has 0 unspecified atom stereocenters. The topological polar surface area (TPSA) is 48.8 Å². The number of aromatic amines is 1. The van der Waals surface area contributed by atoms with Crippen LogP contribution in [0.25, 0.3) is 10.9 Å². The summed E-state index contributed by atoms with van der Waals surface area (Å²) in [6.45, 7) is 5.87. The van der Waals surface area contributed by atoms with Gasteiger partial charge in [-0.1, -0.05) is 0 Å². The van der Waals surface area contributed by atoms with E-state index in [1.807, 2.05) is 39.0 Å². The Balaban J connectivity index is 2.56. The highest BCUT2D eigenvalue weighted by molar-refractivity contribution is 5.88. The van der Waals surface area contributed by atoms with E-state index >= 15 is 0 Å². The fourth-order valence-electron chi connectivity index (χ4n) is 1.80. The van der Waals surface area contributed by atoms with Gasteiger partial charge in [0.15, 0.2) is 0 Å². The Bertz CT molecular complexity index is 561. The van der Waals surface area contributed by atoms with Crippen LogP contribution in [-0.2, 0) is 0 Å². The van der Waals surface area contributed by atoms with Gasteiger partial charge >= 0.3 is 0 Å². The molecule has 0 amide bonds. The summed E-state index contributed by atoms with van der Waals surface area (Å²) in [6.07, 6.45) is 0.142. The van der Waals surface area contributed by atoms with Crippen LogP contribution in [0.4, 0.5) is 0 Å². The summed E-state index contributed by atoms with van der Waals surface area (Å²) in [4.78, 5) is 3.18. The van der Waals surface area contributed by atoms with Crippen molar-refractivity contribution in [3.8, 4) is 11.8 Å². The number of aromatic nitrogens is 1. The number of benzene rings is 1. The zero-order valence-electron chi connectivity index (χ0n) is 9.66. The molecule has 3 heteroatoms. The number of hydrogen-bond acceptors (Lipinski definition) is 2.